The maximum Gasteiger partial charge on any atom is 0.229 e. The Morgan fingerprint density at radius 3 is 2.94 bits per heavy atom. The molecule has 1 amide bonds. The molecule has 0 radical (unpaired) electrons. The molecule has 0 fully saturated rings. The van der Waals surface area contributed by atoms with E-state index in [-0.39, 0.29) is 5.91 Å². The van der Waals surface area contributed by atoms with E-state index in [2.05, 4.69) is 4.98 Å². The predicted molar refractivity (Wildman–Crippen MR) is 67.8 cm³/mol. The zero-order chi connectivity index (χ0) is 12.7. The number of aromatic nitrogens is 1. The summed E-state index contributed by atoms with van der Waals surface area (Å²) in [6.45, 7) is 3.17. The van der Waals surface area contributed by atoms with Gasteiger partial charge in [0.05, 0.1) is 30.6 Å². The molecule has 0 aromatic carbocycles. The normalized spacial score (nSPS) is 10.2. The van der Waals surface area contributed by atoms with E-state index in [9.17, 15) is 4.79 Å². The second-order valence-corrected chi connectivity index (χ2v) is 3.75. The van der Waals surface area contributed by atoms with Crippen LogP contribution in [-0.4, -0.2) is 31.2 Å². The van der Waals surface area contributed by atoms with Gasteiger partial charge in [-0.3, -0.25) is 9.78 Å². The summed E-state index contributed by atoms with van der Waals surface area (Å²) in [5.41, 5.74) is 6.93. The molecule has 94 valence electrons. The van der Waals surface area contributed by atoms with Gasteiger partial charge in [0.15, 0.2) is 0 Å². The van der Waals surface area contributed by atoms with Crippen molar-refractivity contribution in [2.75, 3.05) is 30.9 Å². The molecule has 0 aliphatic heterocycles. The summed E-state index contributed by atoms with van der Waals surface area (Å²) in [5.74, 6) is -0.0148. The Kier molecular flexibility index (Phi) is 5.42. The molecule has 1 rings (SSSR count). The zero-order valence-electron chi connectivity index (χ0n) is 10.3. The number of carbonyl (C=O) groups is 1. The average Bonchev–Trinajstić information content (AvgIpc) is 2.34. The van der Waals surface area contributed by atoms with Crippen molar-refractivity contribution in [1.82, 2.24) is 4.98 Å². The third-order valence-corrected chi connectivity index (χ3v) is 2.37. The number of hydrogen-bond acceptors (Lipinski definition) is 4. The van der Waals surface area contributed by atoms with Crippen LogP contribution in [0.4, 0.5) is 11.4 Å². The zero-order valence-corrected chi connectivity index (χ0v) is 10.3. The Balaban J connectivity index is 2.49. The number of amides is 1. The van der Waals surface area contributed by atoms with E-state index in [1.54, 1.807) is 19.3 Å². The minimum atomic E-state index is -0.0148. The lowest BCUT2D eigenvalue weighted by atomic mass is 10.3. The van der Waals surface area contributed by atoms with Gasteiger partial charge in [0.2, 0.25) is 5.91 Å². The second kappa shape index (κ2) is 6.85. The van der Waals surface area contributed by atoms with Gasteiger partial charge in [0.1, 0.15) is 0 Å². The van der Waals surface area contributed by atoms with Crippen LogP contribution in [0, 0.1) is 0 Å². The number of rotatable bonds is 6. The molecular formula is C12H19N3O2. The molecule has 0 bridgehead atoms. The van der Waals surface area contributed by atoms with E-state index < -0.39 is 0 Å². The Bertz CT molecular complexity index is 369. The Morgan fingerprint density at radius 1 is 1.53 bits per heavy atom. The van der Waals surface area contributed by atoms with Gasteiger partial charge in [-0.15, -0.1) is 0 Å². The van der Waals surface area contributed by atoms with Gasteiger partial charge >= 0.3 is 0 Å². The van der Waals surface area contributed by atoms with E-state index in [0.29, 0.717) is 31.0 Å². The molecule has 0 saturated heterocycles. The third-order valence-electron chi connectivity index (χ3n) is 2.37. The number of nitrogens with two attached hydrogens (primary N) is 1. The maximum atomic E-state index is 11.8. The molecule has 5 nitrogen and oxygen atoms in total. The number of nitrogens with zero attached hydrogens (tertiary/aromatic N) is 2. The minimum absolute atomic E-state index is 0.0148. The number of hydrogen-bond donors (Lipinski definition) is 1. The average molecular weight is 237 g/mol. The Hall–Kier alpha value is -1.62. The van der Waals surface area contributed by atoms with Crippen molar-refractivity contribution in [2.45, 2.75) is 19.8 Å². The Morgan fingerprint density at radius 2 is 2.29 bits per heavy atom. The van der Waals surface area contributed by atoms with Crippen LogP contribution in [0.5, 0.6) is 0 Å². The van der Waals surface area contributed by atoms with Gasteiger partial charge in [0.25, 0.3) is 0 Å². The summed E-state index contributed by atoms with van der Waals surface area (Å²) >= 11 is 0. The van der Waals surface area contributed by atoms with Crippen molar-refractivity contribution in [3.05, 3.63) is 18.5 Å². The SMILES string of the molecule is CCCOCCC(=O)N(C)c1ccncc1N. The Labute approximate surface area is 102 Å². The fourth-order valence-corrected chi connectivity index (χ4v) is 1.41. The van der Waals surface area contributed by atoms with Crippen LogP contribution in [0.1, 0.15) is 19.8 Å². The molecular weight excluding hydrogens is 218 g/mol. The van der Waals surface area contributed by atoms with Gasteiger partial charge in [-0.25, -0.2) is 0 Å². The quantitative estimate of drug-likeness (QED) is 0.760. The summed E-state index contributed by atoms with van der Waals surface area (Å²) in [6, 6.07) is 1.72. The highest BCUT2D eigenvalue weighted by Gasteiger charge is 2.12. The lowest BCUT2D eigenvalue weighted by Gasteiger charge is -2.18. The molecule has 0 aliphatic carbocycles. The van der Waals surface area contributed by atoms with Gasteiger partial charge in [-0.2, -0.15) is 0 Å². The fourth-order valence-electron chi connectivity index (χ4n) is 1.41. The first kappa shape index (κ1) is 13.4. The molecule has 0 aliphatic rings. The highest BCUT2D eigenvalue weighted by atomic mass is 16.5. The highest BCUT2D eigenvalue weighted by molar-refractivity contribution is 5.95. The highest BCUT2D eigenvalue weighted by Crippen LogP contribution is 2.20. The molecule has 0 atom stereocenters. The predicted octanol–water partition coefficient (Wildman–Crippen LogP) is 1.44. The monoisotopic (exact) mass is 237 g/mol. The summed E-state index contributed by atoms with van der Waals surface area (Å²) < 4.78 is 5.28. The molecule has 0 unspecified atom stereocenters. The first-order chi connectivity index (χ1) is 8.16. The number of ether oxygens (including phenoxy) is 1. The van der Waals surface area contributed by atoms with E-state index in [0.717, 1.165) is 6.42 Å². The first-order valence-electron chi connectivity index (χ1n) is 5.70. The van der Waals surface area contributed by atoms with E-state index in [1.807, 2.05) is 6.92 Å². The summed E-state index contributed by atoms with van der Waals surface area (Å²) in [7, 11) is 1.70. The van der Waals surface area contributed by atoms with E-state index >= 15 is 0 Å². The number of pyridine rings is 1. The first-order valence-corrected chi connectivity index (χ1v) is 5.70. The molecule has 2 N–H and O–H groups in total. The van der Waals surface area contributed by atoms with Crippen LogP contribution in [0.3, 0.4) is 0 Å². The van der Waals surface area contributed by atoms with Gasteiger partial charge in [0, 0.05) is 19.9 Å². The molecule has 1 aromatic rings. The van der Waals surface area contributed by atoms with Crippen molar-refractivity contribution in [1.29, 1.82) is 0 Å². The van der Waals surface area contributed by atoms with Crippen LogP contribution in [0.15, 0.2) is 18.5 Å². The van der Waals surface area contributed by atoms with E-state index in [1.165, 1.54) is 11.1 Å². The number of carbonyl (C=O) groups excluding carboxylic acids is 1. The molecule has 1 heterocycles. The number of nitrogen functional groups attached to an aromatic ring is 1. The van der Waals surface area contributed by atoms with Gasteiger partial charge < -0.3 is 15.4 Å². The second-order valence-electron chi connectivity index (χ2n) is 3.75. The van der Waals surface area contributed by atoms with Crippen molar-refractivity contribution in [3.63, 3.8) is 0 Å². The molecule has 0 saturated carbocycles. The molecule has 1 aromatic heterocycles. The minimum Gasteiger partial charge on any atom is -0.396 e. The summed E-state index contributed by atoms with van der Waals surface area (Å²) in [6.07, 6.45) is 4.47. The van der Waals surface area contributed by atoms with Crippen molar-refractivity contribution in [3.8, 4) is 0 Å². The lowest BCUT2D eigenvalue weighted by Crippen LogP contribution is -2.28. The van der Waals surface area contributed by atoms with Crippen molar-refractivity contribution < 1.29 is 9.53 Å². The smallest absolute Gasteiger partial charge is 0.229 e. The van der Waals surface area contributed by atoms with Crippen LogP contribution in [-0.2, 0) is 9.53 Å². The lowest BCUT2D eigenvalue weighted by molar-refractivity contribution is -0.119. The van der Waals surface area contributed by atoms with Crippen molar-refractivity contribution in [2.24, 2.45) is 0 Å². The standard InChI is InChI=1S/C12H19N3O2/c1-3-7-17-8-5-12(16)15(2)11-4-6-14-9-10(11)13/h4,6,9H,3,5,7-8,13H2,1-2H3. The van der Waals surface area contributed by atoms with E-state index in [4.69, 9.17) is 10.5 Å². The maximum absolute atomic E-state index is 11.8. The summed E-state index contributed by atoms with van der Waals surface area (Å²) in [4.78, 5) is 17.2. The largest absolute Gasteiger partial charge is 0.396 e. The summed E-state index contributed by atoms with van der Waals surface area (Å²) in [5, 5.41) is 0. The topological polar surface area (TPSA) is 68.5 Å². The molecule has 17 heavy (non-hydrogen) atoms. The molecule has 0 spiro atoms. The van der Waals surface area contributed by atoms with Crippen LogP contribution in [0.2, 0.25) is 0 Å². The number of anilines is 2. The van der Waals surface area contributed by atoms with Gasteiger partial charge in [-0.1, -0.05) is 6.92 Å². The fraction of sp³-hybridized carbons (Fsp3) is 0.500. The van der Waals surface area contributed by atoms with Crippen LogP contribution in [0.25, 0.3) is 0 Å². The molecule has 5 heteroatoms. The van der Waals surface area contributed by atoms with Crippen LogP contribution >= 0.6 is 0 Å². The van der Waals surface area contributed by atoms with Crippen LogP contribution < -0.4 is 10.6 Å². The van der Waals surface area contributed by atoms with Crippen molar-refractivity contribution >= 4 is 17.3 Å². The van der Waals surface area contributed by atoms with Gasteiger partial charge in [-0.05, 0) is 12.5 Å². The third kappa shape index (κ3) is 4.03.